The maximum atomic E-state index is 6.49. The van der Waals surface area contributed by atoms with E-state index >= 15 is 0 Å². The predicted octanol–water partition coefficient (Wildman–Crippen LogP) is 5.54. The lowest BCUT2D eigenvalue weighted by molar-refractivity contribution is -1.00. The molecule has 40 heavy (non-hydrogen) atoms. The van der Waals surface area contributed by atoms with Crippen LogP contribution < -0.4 is 18.7 Å². The number of benzene rings is 3. The molecule has 10 rings (SSSR count). The van der Waals surface area contributed by atoms with Crippen LogP contribution in [0.15, 0.2) is 102 Å². The van der Waals surface area contributed by atoms with Crippen LogP contribution in [0.4, 0.5) is 0 Å². The van der Waals surface area contributed by atoms with Crippen LogP contribution >= 0.6 is 0 Å². The molecule has 1 spiro atoms. The Morgan fingerprint density at radius 1 is 0.775 bits per heavy atom. The summed E-state index contributed by atoms with van der Waals surface area (Å²) in [6.45, 7) is 2.10. The van der Waals surface area contributed by atoms with E-state index in [1.54, 1.807) is 0 Å². The average molecular weight is 522 g/mol. The summed E-state index contributed by atoms with van der Waals surface area (Å²) in [6.07, 6.45) is 3.95. The number of rotatable bonds is 1. The highest BCUT2D eigenvalue weighted by molar-refractivity contribution is 6.05. The molecule has 0 fully saturated rings. The van der Waals surface area contributed by atoms with Crippen LogP contribution in [-0.4, -0.2) is 14.9 Å². The Bertz CT molecular complexity index is 2250. The number of nitrogens with zero attached hydrogens (tertiary/aromatic N) is 5. The van der Waals surface area contributed by atoms with Gasteiger partial charge in [0, 0.05) is 36.0 Å². The maximum Gasteiger partial charge on any atom is 0.395 e. The highest BCUT2D eigenvalue weighted by Crippen LogP contribution is 2.55. The molecular weight excluding hydrogens is 502 g/mol. The molecule has 1 atom stereocenters. The van der Waals surface area contributed by atoms with Crippen LogP contribution in [0.5, 0.6) is 23.1 Å². The fourth-order valence-corrected chi connectivity index (χ4v) is 6.82. The van der Waals surface area contributed by atoms with Crippen molar-refractivity contribution in [3.05, 3.63) is 114 Å². The lowest BCUT2D eigenvalue weighted by atomic mass is 9.85. The quantitative estimate of drug-likeness (QED) is 0.265. The second-order valence-corrected chi connectivity index (χ2v) is 10.4. The number of para-hydroxylation sites is 1. The summed E-state index contributed by atoms with van der Waals surface area (Å²) in [7, 11) is 0. The lowest BCUT2D eigenvalue weighted by Crippen LogP contribution is -2.76. The second kappa shape index (κ2) is 6.73. The summed E-state index contributed by atoms with van der Waals surface area (Å²) in [5.74, 6) is 3.05. The summed E-state index contributed by atoms with van der Waals surface area (Å²) < 4.78 is 23.5. The zero-order chi connectivity index (χ0) is 26.2. The molecular formula is C32H19N5O3+2. The first kappa shape index (κ1) is 20.5. The van der Waals surface area contributed by atoms with Gasteiger partial charge in [-0.05, 0) is 41.2 Å². The molecule has 4 aromatic heterocycles. The minimum absolute atomic E-state index is 0.736. The van der Waals surface area contributed by atoms with Gasteiger partial charge >= 0.3 is 11.5 Å². The van der Waals surface area contributed by atoms with Gasteiger partial charge in [0.05, 0.1) is 11.2 Å². The number of hydrogen-bond donors (Lipinski definition) is 0. The van der Waals surface area contributed by atoms with E-state index in [1.807, 2.05) is 83.8 Å². The first-order valence-corrected chi connectivity index (χ1v) is 13.2. The zero-order valence-electron chi connectivity index (χ0n) is 21.2. The Morgan fingerprint density at radius 3 is 2.50 bits per heavy atom. The molecule has 3 aromatic carbocycles. The number of hydrogen-bond acceptors (Lipinski definition) is 5. The van der Waals surface area contributed by atoms with Gasteiger partial charge in [0.1, 0.15) is 34.0 Å². The zero-order valence-corrected chi connectivity index (χ0v) is 21.2. The van der Waals surface area contributed by atoms with Crippen LogP contribution in [0.1, 0.15) is 16.8 Å². The first-order chi connectivity index (χ1) is 19.7. The molecule has 8 nitrogen and oxygen atoms in total. The first-order valence-electron chi connectivity index (χ1n) is 13.2. The van der Waals surface area contributed by atoms with Crippen molar-refractivity contribution in [1.29, 1.82) is 0 Å². The predicted molar refractivity (Wildman–Crippen MR) is 144 cm³/mol. The topological polar surface area (TPSA) is 70.1 Å². The second-order valence-electron chi connectivity index (χ2n) is 10.4. The Kier molecular flexibility index (Phi) is 3.44. The third-order valence-electron chi connectivity index (χ3n) is 8.37. The van der Waals surface area contributed by atoms with Crippen molar-refractivity contribution in [1.82, 2.24) is 14.9 Å². The van der Waals surface area contributed by atoms with Crippen molar-refractivity contribution in [2.24, 2.45) is 0 Å². The molecule has 7 aromatic rings. The van der Waals surface area contributed by atoms with E-state index < -0.39 is 5.66 Å². The van der Waals surface area contributed by atoms with Crippen molar-refractivity contribution >= 4 is 21.9 Å². The van der Waals surface area contributed by atoms with E-state index in [1.165, 1.54) is 0 Å². The van der Waals surface area contributed by atoms with Crippen LogP contribution in [0.3, 0.4) is 0 Å². The molecule has 1 unspecified atom stereocenters. The third-order valence-corrected chi connectivity index (χ3v) is 8.37. The lowest BCUT2D eigenvalue weighted by Gasteiger charge is -2.33. The van der Waals surface area contributed by atoms with Gasteiger partial charge in [-0.1, -0.05) is 35.0 Å². The summed E-state index contributed by atoms with van der Waals surface area (Å²) in [5.41, 5.74) is 6.23. The van der Waals surface area contributed by atoms with Gasteiger partial charge in [-0.15, -0.1) is 4.57 Å². The maximum absolute atomic E-state index is 6.49. The van der Waals surface area contributed by atoms with Crippen LogP contribution in [0.2, 0.25) is 0 Å². The number of fused-ring (bicyclic) bond motifs is 6. The monoisotopic (exact) mass is 521 g/mol. The summed E-state index contributed by atoms with van der Waals surface area (Å²) in [4.78, 5) is 6.86. The smallest absolute Gasteiger partial charge is 0.395 e. The standard InChI is InChI=1S/C32H19N5O3/c1-18-31(21-16-27-20(17-33-21)19-8-2-3-10-23(19)38-27)34-37-22-9-6-11-24-29(22)32(36(18)37)30-25(39-24)12-7-13-26(30)40-28-14-4-5-15-35(28)32/h2-17H,1H3/q+2. The molecule has 3 aliphatic heterocycles. The van der Waals surface area contributed by atoms with E-state index in [2.05, 4.69) is 34.5 Å². The molecule has 0 radical (unpaired) electrons. The van der Waals surface area contributed by atoms with Gasteiger partial charge in [0.25, 0.3) is 5.69 Å². The molecule has 8 heteroatoms. The van der Waals surface area contributed by atoms with Gasteiger partial charge in [0.15, 0.2) is 28.8 Å². The van der Waals surface area contributed by atoms with E-state index in [4.69, 9.17) is 24.0 Å². The number of pyridine rings is 2. The van der Waals surface area contributed by atoms with Gasteiger partial charge in [-0.3, -0.25) is 4.98 Å². The SMILES string of the molecule is Cc1c(-c2cc3oc4ccccc4c3cn2)nn2[n+]1C13c4c(cccc4Oc4cccc[n+]41)Oc1cccc-2c13. The normalized spacial score (nSPS) is 17.1. The number of furan rings is 1. The third kappa shape index (κ3) is 2.18. The Morgan fingerprint density at radius 2 is 1.57 bits per heavy atom. The van der Waals surface area contributed by atoms with E-state index in [-0.39, 0.29) is 0 Å². The number of aromatic nitrogens is 5. The fraction of sp³-hybridized carbons (Fsp3) is 0.0625. The molecule has 0 bridgehead atoms. The van der Waals surface area contributed by atoms with Crippen molar-refractivity contribution in [3.8, 4) is 40.2 Å². The number of ether oxygens (including phenoxy) is 2. The highest BCUT2D eigenvalue weighted by Gasteiger charge is 2.69. The Labute approximate surface area is 226 Å². The molecule has 188 valence electrons. The summed E-state index contributed by atoms with van der Waals surface area (Å²) in [5, 5.41) is 7.23. The molecule has 7 heterocycles. The Hall–Kier alpha value is -5.50. The average Bonchev–Trinajstić information content (AvgIpc) is 3.62. The van der Waals surface area contributed by atoms with Gasteiger partial charge in [0.2, 0.25) is 0 Å². The largest absolute Gasteiger partial charge is 0.456 e. The minimum atomic E-state index is -0.802. The van der Waals surface area contributed by atoms with Crippen molar-refractivity contribution < 1.29 is 23.1 Å². The molecule has 0 saturated heterocycles. The summed E-state index contributed by atoms with van der Waals surface area (Å²) in [6, 6.07) is 28.1. The van der Waals surface area contributed by atoms with E-state index in [9.17, 15) is 0 Å². The van der Waals surface area contributed by atoms with Gasteiger partial charge in [-0.25, -0.2) is 0 Å². The summed E-state index contributed by atoms with van der Waals surface area (Å²) >= 11 is 0. The Balaban J connectivity index is 1.32. The fourth-order valence-electron chi connectivity index (χ4n) is 6.82. The van der Waals surface area contributed by atoms with Crippen LogP contribution in [0.25, 0.3) is 39.0 Å². The van der Waals surface area contributed by atoms with Crippen LogP contribution in [0, 0.1) is 6.92 Å². The molecule has 0 N–H and O–H groups in total. The van der Waals surface area contributed by atoms with Crippen molar-refractivity contribution in [2.75, 3.05) is 0 Å². The molecule has 0 saturated carbocycles. The van der Waals surface area contributed by atoms with Gasteiger partial charge in [-0.2, -0.15) is 0 Å². The molecule has 0 amide bonds. The van der Waals surface area contributed by atoms with Crippen LogP contribution in [-0.2, 0) is 5.66 Å². The van der Waals surface area contributed by atoms with Crippen molar-refractivity contribution in [2.45, 2.75) is 12.6 Å². The van der Waals surface area contributed by atoms with E-state index in [0.717, 1.165) is 79.0 Å². The van der Waals surface area contributed by atoms with Crippen molar-refractivity contribution in [3.63, 3.8) is 0 Å². The highest BCUT2D eigenvalue weighted by atomic mass is 16.5. The molecule has 0 aliphatic carbocycles. The minimum Gasteiger partial charge on any atom is -0.456 e. The molecule has 3 aliphatic rings. The van der Waals surface area contributed by atoms with E-state index in [0.29, 0.717) is 0 Å². The van der Waals surface area contributed by atoms with Gasteiger partial charge < -0.3 is 13.9 Å².